The second-order valence-electron chi connectivity index (χ2n) is 11.6. The van der Waals surface area contributed by atoms with Crippen molar-refractivity contribution < 1.29 is 32.0 Å². The average Bonchev–Trinajstić information content (AvgIpc) is 3.68. The van der Waals surface area contributed by atoms with Gasteiger partial charge in [0, 0.05) is 23.9 Å². The van der Waals surface area contributed by atoms with Crippen molar-refractivity contribution in [3.8, 4) is 11.5 Å². The number of nitrogens with zero attached hydrogens (tertiary/aromatic N) is 3. The molecule has 3 amide bonds. The van der Waals surface area contributed by atoms with Crippen LogP contribution >= 0.6 is 0 Å². The SMILES string of the molecule is CC(C)C(NC(=O)[C@@H]1CCCN1C(=O)C(NC(=O)c1ccc(S(C)(=O)=O)cc1)C(C)C)C(=O)c1nnc(-c2ccccc2)o1. The zero-order chi connectivity index (χ0) is 32.2. The quantitative estimate of drug-likeness (QED) is 0.305. The van der Waals surface area contributed by atoms with Crippen molar-refractivity contribution in [2.75, 3.05) is 12.8 Å². The van der Waals surface area contributed by atoms with Crippen LogP contribution in [0.15, 0.2) is 63.9 Å². The van der Waals surface area contributed by atoms with Gasteiger partial charge in [0.25, 0.3) is 11.8 Å². The van der Waals surface area contributed by atoms with E-state index in [4.69, 9.17) is 4.42 Å². The lowest BCUT2D eigenvalue weighted by Crippen LogP contribution is -2.57. The van der Waals surface area contributed by atoms with Gasteiger partial charge in [0.15, 0.2) is 9.84 Å². The first-order valence-corrected chi connectivity index (χ1v) is 16.3. The van der Waals surface area contributed by atoms with Crippen molar-refractivity contribution in [1.29, 1.82) is 0 Å². The largest absolute Gasteiger partial charge is 0.414 e. The molecule has 0 saturated carbocycles. The molecule has 2 N–H and O–H groups in total. The number of sulfone groups is 1. The first kappa shape index (κ1) is 32.5. The third-order valence-electron chi connectivity index (χ3n) is 7.51. The Labute approximate surface area is 256 Å². The number of likely N-dealkylation sites (tertiary alicyclic amines) is 1. The van der Waals surface area contributed by atoms with E-state index in [1.807, 2.05) is 6.07 Å². The first-order valence-electron chi connectivity index (χ1n) is 14.4. The van der Waals surface area contributed by atoms with Crippen molar-refractivity contribution >= 4 is 33.3 Å². The maximum atomic E-state index is 13.7. The number of hydrogen-bond donors (Lipinski definition) is 2. The number of carbonyl (C=O) groups excluding carboxylic acids is 4. The number of aromatic nitrogens is 2. The van der Waals surface area contributed by atoms with Crippen molar-refractivity contribution in [1.82, 2.24) is 25.7 Å². The number of carbonyl (C=O) groups is 4. The summed E-state index contributed by atoms with van der Waals surface area (Å²) in [6.45, 7) is 7.43. The van der Waals surface area contributed by atoms with Gasteiger partial charge in [-0.3, -0.25) is 19.2 Å². The minimum absolute atomic E-state index is 0.0744. The number of benzene rings is 2. The summed E-state index contributed by atoms with van der Waals surface area (Å²) in [6, 6.07) is 11.7. The summed E-state index contributed by atoms with van der Waals surface area (Å²) in [5, 5.41) is 13.4. The minimum Gasteiger partial charge on any atom is -0.414 e. The van der Waals surface area contributed by atoms with E-state index in [2.05, 4.69) is 20.8 Å². The number of ketones is 1. The standard InChI is InChI=1S/C31H37N5O7S/c1-18(2)24(26(37)30-35-34-29(43-30)21-10-7-6-8-11-21)32-28(39)23-12-9-17-36(23)31(40)25(19(3)4)33-27(38)20-13-15-22(16-14-20)44(5,41)42/h6-8,10-11,13-16,18-19,23-25H,9,12,17H2,1-5H3,(H,32,39)(H,33,38)/t23-,24?,25?/m0/s1. The maximum Gasteiger partial charge on any atom is 0.286 e. The van der Waals surface area contributed by atoms with Crippen molar-refractivity contribution in [3.63, 3.8) is 0 Å². The molecule has 1 aromatic heterocycles. The Bertz CT molecular complexity index is 1620. The molecule has 0 bridgehead atoms. The summed E-state index contributed by atoms with van der Waals surface area (Å²) in [4.78, 5) is 55.1. The summed E-state index contributed by atoms with van der Waals surface area (Å²) in [5.41, 5.74) is 0.850. The Morgan fingerprint density at radius 3 is 2.11 bits per heavy atom. The van der Waals surface area contributed by atoms with Crippen molar-refractivity contribution in [2.24, 2.45) is 11.8 Å². The third kappa shape index (κ3) is 7.39. The van der Waals surface area contributed by atoms with Crippen LogP contribution in [-0.4, -0.2) is 77.9 Å². The predicted octanol–water partition coefficient (Wildman–Crippen LogP) is 2.91. The van der Waals surface area contributed by atoms with Crippen molar-refractivity contribution in [3.05, 3.63) is 66.1 Å². The first-order chi connectivity index (χ1) is 20.8. The van der Waals surface area contributed by atoms with Crippen LogP contribution in [0, 0.1) is 11.8 Å². The Morgan fingerprint density at radius 2 is 1.52 bits per heavy atom. The molecule has 2 unspecified atom stereocenters. The van der Waals surface area contributed by atoms with Gasteiger partial charge in [-0.05, 0) is 61.1 Å². The number of rotatable bonds is 11. The highest BCUT2D eigenvalue weighted by molar-refractivity contribution is 7.90. The van der Waals surface area contributed by atoms with Gasteiger partial charge in [0.2, 0.25) is 23.5 Å². The van der Waals surface area contributed by atoms with Gasteiger partial charge < -0.3 is 20.0 Å². The predicted molar refractivity (Wildman–Crippen MR) is 161 cm³/mol. The zero-order valence-electron chi connectivity index (χ0n) is 25.3. The number of nitrogens with one attached hydrogen (secondary N) is 2. The van der Waals surface area contributed by atoms with Gasteiger partial charge >= 0.3 is 0 Å². The van der Waals surface area contributed by atoms with E-state index in [0.717, 1.165) is 6.26 Å². The molecule has 44 heavy (non-hydrogen) atoms. The molecule has 1 saturated heterocycles. The van der Waals surface area contributed by atoms with Gasteiger partial charge in [0.05, 0.1) is 10.9 Å². The molecule has 0 spiro atoms. The Morgan fingerprint density at radius 1 is 0.886 bits per heavy atom. The normalized spacial score (nSPS) is 16.5. The van der Waals surface area contributed by atoms with E-state index < -0.39 is 51.5 Å². The van der Waals surface area contributed by atoms with Gasteiger partial charge in [-0.1, -0.05) is 45.9 Å². The lowest BCUT2D eigenvalue weighted by molar-refractivity contribution is -0.140. The van der Waals surface area contributed by atoms with Crippen LogP contribution < -0.4 is 10.6 Å². The van der Waals surface area contributed by atoms with Crippen LogP contribution in [0.5, 0.6) is 0 Å². The highest BCUT2D eigenvalue weighted by Crippen LogP contribution is 2.23. The zero-order valence-corrected chi connectivity index (χ0v) is 26.1. The van der Waals surface area contributed by atoms with Crippen LogP contribution in [0.3, 0.4) is 0 Å². The fourth-order valence-electron chi connectivity index (χ4n) is 5.01. The van der Waals surface area contributed by atoms with Crippen LogP contribution in [-0.2, 0) is 19.4 Å². The monoisotopic (exact) mass is 623 g/mol. The van der Waals surface area contributed by atoms with E-state index in [9.17, 15) is 27.6 Å². The molecule has 1 aliphatic rings. The van der Waals surface area contributed by atoms with E-state index >= 15 is 0 Å². The molecule has 4 rings (SSSR count). The summed E-state index contributed by atoms with van der Waals surface area (Å²) in [5.74, 6) is -2.66. The van der Waals surface area contributed by atoms with Gasteiger partial charge in [-0.15, -0.1) is 10.2 Å². The van der Waals surface area contributed by atoms with Crippen LogP contribution in [0.1, 0.15) is 61.6 Å². The molecule has 3 atom stereocenters. The molecule has 12 nitrogen and oxygen atoms in total. The van der Waals surface area contributed by atoms with E-state index in [1.54, 1.807) is 52.0 Å². The molecule has 0 radical (unpaired) electrons. The molecular formula is C31H37N5O7S. The Balaban J connectivity index is 1.46. The van der Waals surface area contributed by atoms with Gasteiger partial charge in [-0.25, -0.2) is 8.42 Å². The Hall–Kier alpha value is -4.39. The highest BCUT2D eigenvalue weighted by atomic mass is 32.2. The number of amides is 3. The van der Waals surface area contributed by atoms with Crippen LogP contribution in [0.2, 0.25) is 0 Å². The van der Waals surface area contributed by atoms with Gasteiger partial charge in [-0.2, -0.15) is 0 Å². The summed E-state index contributed by atoms with van der Waals surface area (Å²) in [7, 11) is -3.43. The van der Waals surface area contributed by atoms with E-state index in [0.29, 0.717) is 24.9 Å². The third-order valence-corrected chi connectivity index (χ3v) is 8.63. The molecule has 0 aliphatic carbocycles. The lowest BCUT2D eigenvalue weighted by Gasteiger charge is -2.31. The Kier molecular flexibility index (Phi) is 9.98. The minimum atomic E-state index is -3.43. The molecule has 2 heterocycles. The molecular weight excluding hydrogens is 586 g/mol. The lowest BCUT2D eigenvalue weighted by atomic mass is 9.98. The molecule has 3 aromatic rings. The fraction of sp³-hybridized carbons (Fsp3) is 0.419. The summed E-state index contributed by atoms with van der Waals surface area (Å²) < 4.78 is 29.1. The molecule has 1 aliphatic heterocycles. The van der Waals surface area contributed by atoms with Crippen molar-refractivity contribution in [2.45, 2.75) is 63.6 Å². The van der Waals surface area contributed by atoms with Crippen LogP contribution in [0.4, 0.5) is 0 Å². The second kappa shape index (κ2) is 13.5. The molecule has 234 valence electrons. The molecule has 2 aromatic carbocycles. The average molecular weight is 624 g/mol. The van der Waals surface area contributed by atoms with Crippen LogP contribution in [0.25, 0.3) is 11.5 Å². The summed E-state index contributed by atoms with van der Waals surface area (Å²) >= 11 is 0. The topological polar surface area (TPSA) is 169 Å². The van der Waals surface area contributed by atoms with E-state index in [-0.39, 0.29) is 34.1 Å². The maximum absolute atomic E-state index is 13.7. The molecule has 13 heteroatoms. The number of Topliss-reactive ketones (excluding diaryl/α,β-unsaturated/α-hetero) is 1. The number of hydrogen-bond acceptors (Lipinski definition) is 9. The second-order valence-corrected chi connectivity index (χ2v) is 13.6. The smallest absolute Gasteiger partial charge is 0.286 e. The van der Waals surface area contributed by atoms with Gasteiger partial charge in [0.1, 0.15) is 12.1 Å². The molecule has 1 fully saturated rings. The van der Waals surface area contributed by atoms with E-state index in [1.165, 1.54) is 29.2 Å². The summed E-state index contributed by atoms with van der Waals surface area (Å²) in [6.07, 6.45) is 2.03. The highest BCUT2D eigenvalue weighted by Gasteiger charge is 2.40. The fourth-order valence-corrected chi connectivity index (χ4v) is 5.64.